The lowest BCUT2D eigenvalue weighted by Gasteiger charge is -1.97. The van der Waals surface area contributed by atoms with Gasteiger partial charge in [0, 0.05) is 6.92 Å². The van der Waals surface area contributed by atoms with Crippen molar-refractivity contribution in [3.8, 4) is 0 Å². The number of thiazole rings is 1. The molecule has 20 heavy (non-hydrogen) atoms. The van der Waals surface area contributed by atoms with Gasteiger partial charge in [0.25, 0.3) is 0 Å². The highest BCUT2D eigenvalue weighted by Gasteiger charge is 2.15. The molecule has 0 aliphatic rings. The second-order valence-corrected chi connectivity index (χ2v) is 5.88. The number of nitrogens with zero attached hydrogens (tertiary/aromatic N) is 3. The van der Waals surface area contributed by atoms with Crippen molar-refractivity contribution in [1.29, 1.82) is 0 Å². The van der Waals surface area contributed by atoms with Crippen LogP contribution in [-0.2, 0) is 4.79 Å². The number of anilines is 1. The number of hydrogen-bond acceptors (Lipinski definition) is 8. The monoisotopic (exact) mass is 314 g/mol. The van der Waals surface area contributed by atoms with Gasteiger partial charge in [-0.05, 0) is 6.92 Å². The van der Waals surface area contributed by atoms with Crippen molar-refractivity contribution in [2.24, 2.45) is 0 Å². The fourth-order valence-corrected chi connectivity index (χ4v) is 3.09. The molecule has 0 unspecified atom stereocenters. The van der Waals surface area contributed by atoms with E-state index in [0.29, 0.717) is 15.9 Å². The predicted molar refractivity (Wildman–Crippen MR) is 72.2 cm³/mol. The van der Waals surface area contributed by atoms with Gasteiger partial charge in [-0.25, -0.2) is 9.78 Å². The van der Waals surface area contributed by atoms with Crippen molar-refractivity contribution in [3.63, 3.8) is 0 Å². The molecule has 0 fully saturated rings. The summed E-state index contributed by atoms with van der Waals surface area (Å²) < 4.78 is 5.53. The van der Waals surface area contributed by atoms with Crippen LogP contribution in [-0.4, -0.2) is 37.9 Å². The van der Waals surface area contributed by atoms with E-state index < -0.39 is 5.97 Å². The Bertz CT molecular complexity index is 651. The zero-order valence-corrected chi connectivity index (χ0v) is 12.2. The SMILES string of the molecule is Cc1nnc(NC(=O)CSc2nc(C)c(C(=O)O)s2)o1. The fourth-order valence-electron chi connectivity index (χ4n) is 1.26. The van der Waals surface area contributed by atoms with Crippen molar-refractivity contribution in [2.75, 3.05) is 11.1 Å². The van der Waals surface area contributed by atoms with Gasteiger partial charge in [0.15, 0.2) is 4.34 Å². The highest BCUT2D eigenvalue weighted by Crippen LogP contribution is 2.27. The van der Waals surface area contributed by atoms with Crippen LogP contribution in [0.4, 0.5) is 6.01 Å². The van der Waals surface area contributed by atoms with E-state index in [1.807, 2.05) is 0 Å². The van der Waals surface area contributed by atoms with Gasteiger partial charge in [-0.1, -0.05) is 16.9 Å². The molecule has 0 saturated carbocycles. The Labute approximate surface area is 121 Å². The molecule has 0 saturated heterocycles. The summed E-state index contributed by atoms with van der Waals surface area (Å²) in [5, 5.41) is 18.6. The molecule has 1 amide bonds. The van der Waals surface area contributed by atoms with Gasteiger partial charge in [0.05, 0.1) is 11.4 Å². The summed E-state index contributed by atoms with van der Waals surface area (Å²) >= 11 is 2.19. The summed E-state index contributed by atoms with van der Waals surface area (Å²) in [6, 6.07) is 0.0367. The van der Waals surface area contributed by atoms with Crippen LogP contribution in [0, 0.1) is 13.8 Å². The van der Waals surface area contributed by atoms with E-state index in [0.717, 1.165) is 23.1 Å². The molecule has 0 aromatic carbocycles. The summed E-state index contributed by atoms with van der Waals surface area (Å²) in [7, 11) is 0. The number of aromatic nitrogens is 3. The minimum absolute atomic E-state index is 0.0367. The maximum absolute atomic E-state index is 11.6. The van der Waals surface area contributed by atoms with Crippen molar-refractivity contribution < 1.29 is 19.1 Å². The summed E-state index contributed by atoms with van der Waals surface area (Å²) in [4.78, 5) is 26.8. The van der Waals surface area contributed by atoms with Crippen LogP contribution < -0.4 is 5.32 Å². The van der Waals surface area contributed by atoms with Gasteiger partial charge in [-0.2, -0.15) is 0 Å². The van der Waals surface area contributed by atoms with Gasteiger partial charge in [0.2, 0.25) is 11.8 Å². The lowest BCUT2D eigenvalue weighted by atomic mass is 10.4. The van der Waals surface area contributed by atoms with Crippen LogP contribution in [0.5, 0.6) is 0 Å². The number of carboxylic acid groups (broad SMARTS) is 1. The smallest absolute Gasteiger partial charge is 0.347 e. The quantitative estimate of drug-likeness (QED) is 0.798. The summed E-state index contributed by atoms with van der Waals surface area (Å²) in [6.07, 6.45) is 0. The number of carbonyl (C=O) groups is 2. The maximum Gasteiger partial charge on any atom is 0.347 e. The van der Waals surface area contributed by atoms with Gasteiger partial charge >= 0.3 is 12.0 Å². The number of thioether (sulfide) groups is 1. The van der Waals surface area contributed by atoms with Crippen LogP contribution in [0.3, 0.4) is 0 Å². The number of carbonyl (C=O) groups excluding carboxylic acids is 1. The Morgan fingerprint density at radius 3 is 2.70 bits per heavy atom. The van der Waals surface area contributed by atoms with Crippen molar-refractivity contribution >= 4 is 41.0 Å². The van der Waals surface area contributed by atoms with Gasteiger partial charge in [-0.3, -0.25) is 10.1 Å². The number of aromatic carboxylic acids is 1. The second kappa shape index (κ2) is 6.01. The third-order valence-electron chi connectivity index (χ3n) is 2.07. The van der Waals surface area contributed by atoms with E-state index in [-0.39, 0.29) is 22.6 Å². The van der Waals surface area contributed by atoms with E-state index in [1.54, 1.807) is 13.8 Å². The number of rotatable bonds is 5. The zero-order valence-electron chi connectivity index (χ0n) is 10.5. The fraction of sp³-hybridized carbons (Fsp3) is 0.300. The zero-order chi connectivity index (χ0) is 14.7. The molecule has 2 aromatic heterocycles. The summed E-state index contributed by atoms with van der Waals surface area (Å²) in [5.74, 6) is -0.913. The minimum Gasteiger partial charge on any atom is -0.477 e. The number of amides is 1. The second-order valence-electron chi connectivity index (χ2n) is 3.66. The van der Waals surface area contributed by atoms with Crippen LogP contribution in [0.15, 0.2) is 8.76 Å². The Morgan fingerprint density at radius 2 is 2.15 bits per heavy atom. The minimum atomic E-state index is -1.02. The summed E-state index contributed by atoms with van der Waals surface area (Å²) in [6.45, 7) is 3.23. The normalized spacial score (nSPS) is 10.5. The molecule has 10 heteroatoms. The van der Waals surface area contributed by atoms with E-state index in [2.05, 4.69) is 20.5 Å². The first-order valence-electron chi connectivity index (χ1n) is 5.39. The van der Waals surface area contributed by atoms with E-state index in [1.165, 1.54) is 0 Å². The van der Waals surface area contributed by atoms with Gasteiger partial charge in [0.1, 0.15) is 4.88 Å². The molecular weight excluding hydrogens is 304 g/mol. The number of aryl methyl sites for hydroxylation is 2. The van der Waals surface area contributed by atoms with Crippen LogP contribution in [0.25, 0.3) is 0 Å². The van der Waals surface area contributed by atoms with Gasteiger partial charge < -0.3 is 9.52 Å². The predicted octanol–water partition coefficient (Wildman–Crippen LogP) is 1.57. The van der Waals surface area contributed by atoms with Gasteiger partial charge in [-0.15, -0.1) is 16.4 Å². The van der Waals surface area contributed by atoms with Crippen molar-refractivity contribution in [3.05, 3.63) is 16.5 Å². The molecule has 0 aliphatic heterocycles. The number of carboxylic acids is 1. The van der Waals surface area contributed by atoms with Crippen LogP contribution >= 0.6 is 23.1 Å². The largest absolute Gasteiger partial charge is 0.477 e. The van der Waals surface area contributed by atoms with Crippen molar-refractivity contribution in [2.45, 2.75) is 18.2 Å². The average Bonchev–Trinajstić information content (AvgIpc) is 2.93. The van der Waals surface area contributed by atoms with E-state index in [4.69, 9.17) is 9.52 Å². The Kier molecular flexibility index (Phi) is 4.35. The van der Waals surface area contributed by atoms with E-state index in [9.17, 15) is 9.59 Å². The molecule has 2 heterocycles. The first-order chi connectivity index (χ1) is 9.45. The lowest BCUT2D eigenvalue weighted by Crippen LogP contribution is -2.14. The molecule has 0 spiro atoms. The highest BCUT2D eigenvalue weighted by molar-refractivity contribution is 8.01. The molecule has 0 bridgehead atoms. The molecule has 8 nitrogen and oxygen atoms in total. The molecule has 2 N–H and O–H groups in total. The standard InChI is InChI=1S/C10H10N4O4S2/c1-4-7(8(16)17)20-10(11-4)19-3-6(15)12-9-14-13-5(2)18-9/h3H2,1-2H3,(H,16,17)(H,12,14,15). The first kappa shape index (κ1) is 14.5. The Hall–Kier alpha value is -1.94. The van der Waals surface area contributed by atoms with Crippen LogP contribution in [0.1, 0.15) is 21.3 Å². The summed E-state index contributed by atoms with van der Waals surface area (Å²) in [5.41, 5.74) is 0.443. The highest BCUT2D eigenvalue weighted by atomic mass is 32.2. The molecular formula is C10H10N4O4S2. The molecule has 106 valence electrons. The Balaban J connectivity index is 1.90. The van der Waals surface area contributed by atoms with E-state index >= 15 is 0 Å². The molecule has 2 rings (SSSR count). The third-order valence-corrected chi connectivity index (χ3v) is 4.36. The van der Waals surface area contributed by atoms with Crippen molar-refractivity contribution in [1.82, 2.24) is 15.2 Å². The third kappa shape index (κ3) is 3.54. The Morgan fingerprint density at radius 1 is 1.40 bits per heavy atom. The molecule has 0 aliphatic carbocycles. The van der Waals surface area contributed by atoms with Crippen LogP contribution in [0.2, 0.25) is 0 Å². The lowest BCUT2D eigenvalue weighted by molar-refractivity contribution is -0.113. The number of nitrogens with one attached hydrogen (secondary N) is 1. The average molecular weight is 314 g/mol. The topological polar surface area (TPSA) is 118 Å². The molecule has 2 aromatic rings. The maximum atomic E-state index is 11.6. The molecule has 0 radical (unpaired) electrons. The first-order valence-corrected chi connectivity index (χ1v) is 7.19. The number of hydrogen-bond donors (Lipinski definition) is 2. The molecule has 0 atom stereocenters.